The lowest BCUT2D eigenvalue weighted by atomic mass is 9.92. The summed E-state index contributed by atoms with van der Waals surface area (Å²) in [7, 11) is -6.00. The summed E-state index contributed by atoms with van der Waals surface area (Å²) in [5, 5.41) is 0. The summed E-state index contributed by atoms with van der Waals surface area (Å²) >= 11 is 0. The van der Waals surface area contributed by atoms with Gasteiger partial charge < -0.3 is 17.3 Å². The number of aromatic nitrogens is 2. The molecule has 0 unspecified atom stereocenters. The van der Waals surface area contributed by atoms with Crippen molar-refractivity contribution in [2.24, 2.45) is 0 Å². The third-order valence-corrected chi connectivity index (χ3v) is 6.64. The molecule has 7 heteroatoms. The van der Waals surface area contributed by atoms with E-state index in [4.69, 9.17) is 0 Å². The van der Waals surface area contributed by atoms with Gasteiger partial charge in [0, 0.05) is 36.1 Å². The fourth-order valence-electron chi connectivity index (χ4n) is 4.67. The molecule has 0 saturated heterocycles. The van der Waals surface area contributed by atoms with Gasteiger partial charge in [0.25, 0.3) is 6.33 Å². The smallest absolute Gasteiger partial charge is 0.418 e. The SMILES string of the molecule is Cc1c(C)[n+](-c2c(C(C)C)cccc2C(C)C)cn1-c1c(C(C)C)cccc1C(C)C.F[B-](F)(F)F. The molecule has 0 N–H and O–H groups in total. The number of halogens is 4. The third kappa shape index (κ3) is 6.80. The monoisotopic (exact) mass is 504 g/mol. The quantitative estimate of drug-likeness (QED) is 0.180. The zero-order valence-electron chi connectivity index (χ0n) is 23.3. The van der Waals surface area contributed by atoms with E-state index in [-0.39, 0.29) is 0 Å². The molecule has 0 radical (unpaired) electrons. The van der Waals surface area contributed by atoms with Gasteiger partial charge in [-0.15, -0.1) is 0 Å². The molecule has 0 bridgehead atoms. The van der Waals surface area contributed by atoms with Crippen LogP contribution in [0.2, 0.25) is 0 Å². The van der Waals surface area contributed by atoms with Crippen molar-refractivity contribution in [3.8, 4) is 11.4 Å². The highest BCUT2D eigenvalue weighted by Gasteiger charge is 2.28. The van der Waals surface area contributed by atoms with Gasteiger partial charge in [0.1, 0.15) is 22.8 Å². The van der Waals surface area contributed by atoms with E-state index in [1.165, 1.54) is 45.0 Å². The Balaban J connectivity index is 0.000000830. The van der Waals surface area contributed by atoms with Crippen LogP contribution in [0.5, 0.6) is 0 Å². The number of rotatable bonds is 6. The molecule has 3 aromatic rings. The van der Waals surface area contributed by atoms with Crippen molar-refractivity contribution < 1.29 is 21.8 Å². The van der Waals surface area contributed by atoms with Crippen LogP contribution in [0.1, 0.15) is 113 Å². The molecule has 0 aliphatic heterocycles. The van der Waals surface area contributed by atoms with Crippen LogP contribution < -0.4 is 4.57 Å². The first kappa shape index (κ1) is 29.7. The van der Waals surface area contributed by atoms with Crippen molar-refractivity contribution in [2.45, 2.75) is 92.9 Å². The molecule has 36 heavy (non-hydrogen) atoms. The lowest BCUT2D eigenvalue weighted by Gasteiger charge is -2.17. The van der Waals surface area contributed by atoms with Gasteiger partial charge in [0.05, 0.1) is 0 Å². The maximum atomic E-state index is 9.75. The summed E-state index contributed by atoms with van der Waals surface area (Å²) in [6, 6.07) is 13.6. The van der Waals surface area contributed by atoms with Crippen molar-refractivity contribution >= 4 is 7.25 Å². The number of benzene rings is 2. The molecule has 1 heterocycles. The maximum absolute atomic E-state index is 9.75. The van der Waals surface area contributed by atoms with Crippen LogP contribution in [0.25, 0.3) is 11.4 Å². The van der Waals surface area contributed by atoms with Crippen molar-refractivity contribution in [2.75, 3.05) is 0 Å². The lowest BCUT2D eigenvalue weighted by molar-refractivity contribution is -0.602. The van der Waals surface area contributed by atoms with Gasteiger partial charge in [-0.25, -0.2) is 0 Å². The number of para-hydroxylation sites is 2. The Morgan fingerprint density at radius 2 is 0.972 bits per heavy atom. The second-order valence-electron chi connectivity index (χ2n) is 10.7. The van der Waals surface area contributed by atoms with E-state index in [0.717, 1.165) is 0 Å². The molecule has 0 atom stereocenters. The first-order valence-corrected chi connectivity index (χ1v) is 12.8. The Bertz CT molecular complexity index is 1030. The Labute approximate surface area is 214 Å². The largest absolute Gasteiger partial charge is 0.673 e. The molecule has 3 rings (SSSR count). The summed E-state index contributed by atoms with van der Waals surface area (Å²) in [6.07, 6.45) is 2.34. The van der Waals surface area contributed by atoms with Gasteiger partial charge in [0.2, 0.25) is 0 Å². The standard InChI is InChI=1S/C29H41N2.BF4/c1-18(2)24-13-11-14-25(19(3)4)28(24)30-17-31(23(10)22(30)9)29-26(20(5)6)15-12-16-27(29)21(7)8;2-1(3,4)5/h11-21H,1-10H3;/q+1;-1. The van der Waals surface area contributed by atoms with Crippen LogP contribution in [-0.2, 0) is 0 Å². The van der Waals surface area contributed by atoms with Gasteiger partial charge in [-0.2, -0.15) is 9.13 Å². The molecule has 198 valence electrons. The average Bonchev–Trinajstić information content (AvgIpc) is 3.05. The van der Waals surface area contributed by atoms with Gasteiger partial charge in [-0.3, -0.25) is 0 Å². The molecule has 0 saturated carbocycles. The molecule has 0 spiro atoms. The van der Waals surface area contributed by atoms with E-state index in [0.29, 0.717) is 23.7 Å². The van der Waals surface area contributed by atoms with Crippen LogP contribution in [0.15, 0.2) is 42.7 Å². The molecule has 0 aliphatic rings. The van der Waals surface area contributed by atoms with Crippen molar-refractivity contribution in [3.63, 3.8) is 0 Å². The lowest BCUT2D eigenvalue weighted by Crippen LogP contribution is -2.35. The Hall–Kier alpha value is -2.57. The van der Waals surface area contributed by atoms with Crippen molar-refractivity contribution in [3.05, 3.63) is 76.4 Å². The Kier molecular flexibility index (Phi) is 9.61. The second-order valence-corrected chi connectivity index (χ2v) is 10.7. The molecule has 2 aromatic carbocycles. The summed E-state index contributed by atoms with van der Waals surface area (Å²) in [5.74, 6) is 1.88. The number of nitrogens with zero attached hydrogens (tertiary/aromatic N) is 2. The summed E-state index contributed by atoms with van der Waals surface area (Å²) < 4.78 is 43.9. The summed E-state index contributed by atoms with van der Waals surface area (Å²) in [4.78, 5) is 0. The fraction of sp³-hybridized carbons (Fsp3) is 0.483. The molecule has 0 amide bonds. The van der Waals surface area contributed by atoms with Gasteiger partial charge >= 0.3 is 7.25 Å². The highest BCUT2D eigenvalue weighted by atomic mass is 19.5. The fourth-order valence-corrected chi connectivity index (χ4v) is 4.67. The predicted molar refractivity (Wildman–Crippen MR) is 143 cm³/mol. The average molecular weight is 504 g/mol. The normalized spacial score (nSPS) is 12.1. The first-order valence-electron chi connectivity index (χ1n) is 12.8. The minimum absolute atomic E-state index is 0.471. The van der Waals surface area contributed by atoms with E-state index >= 15 is 0 Å². The second kappa shape index (κ2) is 11.7. The molecular weight excluding hydrogens is 463 g/mol. The first-order chi connectivity index (χ1) is 16.6. The van der Waals surface area contributed by atoms with Crippen LogP contribution in [0.3, 0.4) is 0 Å². The van der Waals surface area contributed by atoms with Gasteiger partial charge in [0.15, 0.2) is 0 Å². The number of imidazole rings is 1. The minimum atomic E-state index is -6.00. The molecule has 0 fully saturated rings. The van der Waals surface area contributed by atoms with E-state index in [1.54, 1.807) is 0 Å². The van der Waals surface area contributed by atoms with Gasteiger partial charge in [-0.05, 0) is 23.7 Å². The summed E-state index contributed by atoms with van der Waals surface area (Å²) in [6.45, 7) is 22.9. The van der Waals surface area contributed by atoms with Crippen LogP contribution >= 0.6 is 0 Å². The van der Waals surface area contributed by atoms with E-state index in [1.807, 2.05) is 0 Å². The predicted octanol–water partition coefficient (Wildman–Crippen LogP) is 9.16. The van der Waals surface area contributed by atoms with E-state index in [9.17, 15) is 17.3 Å². The maximum Gasteiger partial charge on any atom is 0.673 e. The summed E-state index contributed by atoms with van der Waals surface area (Å²) in [5.41, 5.74) is 11.0. The number of hydrogen-bond acceptors (Lipinski definition) is 0. The molecular formula is C29H41BF4N2. The van der Waals surface area contributed by atoms with Crippen LogP contribution in [0, 0.1) is 13.8 Å². The van der Waals surface area contributed by atoms with Gasteiger partial charge in [-0.1, -0.05) is 91.8 Å². The molecule has 2 nitrogen and oxygen atoms in total. The highest BCUT2D eigenvalue weighted by molar-refractivity contribution is 6.50. The zero-order chi connectivity index (χ0) is 27.5. The number of hydrogen-bond donors (Lipinski definition) is 0. The zero-order valence-corrected chi connectivity index (χ0v) is 23.3. The topological polar surface area (TPSA) is 8.81 Å². The van der Waals surface area contributed by atoms with Crippen LogP contribution in [-0.4, -0.2) is 11.8 Å². The van der Waals surface area contributed by atoms with Crippen LogP contribution in [0.4, 0.5) is 17.3 Å². The van der Waals surface area contributed by atoms with Crippen molar-refractivity contribution in [1.29, 1.82) is 0 Å². The van der Waals surface area contributed by atoms with E-state index < -0.39 is 7.25 Å². The molecule has 0 aliphatic carbocycles. The molecule has 1 aromatic heterocycles. The third-order valence-electron chi connectivity index (χ3n) is 6.64. The van der Waals surface area contributed by atoms with Crippen molar-refractivity contribution in [1.82, 2.24) is 4.57 Å². The Morgan fingerprint density at radius 1 is 0.639 bits per heavy atom. The Morgan fingerprint density at radius 3 is 1.31 bits per heavy atom. The minimum Gasteiger partial charge on any atom is -0.418 e. The van der Waals surface area contributed by atoms with E-state index in [2.05, 4.69) is 121 Å². The highest BCUT2D eigenvalue weighted by Crippen LogP contribution is 2.33.